The topological polar surface area (TPSA) is 60.5 Å². The van der Waals surface area contributed by atoms with Crippen LogP contribution in [0, 0.1) is 0 Å². The highest BCUT2D eigenvalue weighted by Crippen LogP contribution is 2.26. The normalized spacial score (nSPS) is 16.4. The molecule has 1 heterocycles. The van der Waals surface area contributed by atoms with Gasteiger partial charge in [0.1, 0.15) is 11.8 Å². The molecule has 0 amide bonds. The summed E-state index contributed by atoms with van der Waals surface area (Å²) in [7, 11) is 0. The highest BCUT2D eigenvalue weighted by Gasteiger charge is 2.35. The van der Waals surface area contributed by atoms with Crippen molar-refractivity contribution >= 4 is 11.7 Å². The fourth-order valence-electron chi connectivity index (χ4n) is 4.13. The van der Waals surface area contributed by atoms with Crippen molar-refractivity contribution in [2.75, 3.05) is 50.9 Å². The maximum Gasteiger partial charge on any atom is 0.573 e. The second-order valence-electron chi connectivity index (χ2n) is 8.38. The largest absolute Gasteiger partial charge is 0.573 e. The maximum atomic E-state index is 12.8. The Hall–Kier alpha value is -2.82. The van der Waals surface area contributed by atoms with Crippen molar-refractivity contribution in [2.45, 2.75) is 39.0 Å². The molecule has 0 aromatic heterocycles. The predicted octanol–water partition coefficient (Wildman–Crippen LogP) is 4.26. The molecule has 0 N–H and O–H groups in total. The van der Waals surface area contributed by atoms with Crippen LogP contribution in [-0.2, 0) is 25.6 Å². The summed E-state index contributed by atoms with van der Waals surface area (Å²) in [5.41, 5.74) is 1.87. The van der Waals surface area contributed by atoms with E-state index in [1.807, 2.05) is 42.2 Å². The maximum absolute atomic E-state index is 12.8. The van der Waals surface area contributed by atoms with Crippen molar-refractivity contribution in [1.29, 1.82) is 0 Å². The minimum absolute atomic E-state index is 0.258. The molecule has 2 unspecified atom stereocenters. The molecule has 198 valence electrons. The number of rotatable bonds is 12. The molecule has 0 radical (unpaired) electrons. The highest BCUT2D eigenvalue weighted by atomic mass is 19.4. The zero-order valence-electron chi connectivity index (χ0n) is 20.6. The van der Waals surface area contributed by atoms with Crippen LogP contribution >= 0.6 is 0 Å². The van der Waals surface area contributed by atoms with Crippen LogP contribution in [0.2, 0.25) is 0 Å². The lowest BCUT2D eigenvalue weighted by atomic mass is 10.1. The second kappa shape index (κ2) is 13.5. The zero-order chi connectivity index (χ0) is 26.0. The second-order valence-corrected chi connectivity index (χ2v) is 8.38. The molecular weight excluding hydrogens is 477 g/mol. The van der Waals surface area contributed by atoms with Gasteiger partial charge in [-0.3, -0.25) is 9.69 Å². The molecule has 1 aliphatic rings. The Morgan fingerprint density at radius 2 is 1.64 bits per heavy atom. The molecule has 2 aromatic carbocycles. The summed E-state index contributed by atoms with van der Waals surface area (Å²) in [4.78, 5) is 16.9. The third-order valence-corrected chi connectivity index (χ3v) is 5.84. The van der Waals surface area contributed by atoms with Crippen molar-refractivity contribution in [1.82, 2.24) is 4.90 Å². The van der Waals surface area contributed by atoms with Gasteiger partial charge in [-0.05, 0) is 43.7 Å². The molecular formula is C26H33F3N2O5. The van der Waals surface area contributed by atoms with Crippen LogP contribution in [0.25, 0.3) is 0 Å². The molecule has 3 rings (SSSR count). The van der Waals surface area contributed by atoms with Gasteiger partial charge in [0, 0.05) is 31.9 Å². The van der Waals surface area contributed by atoms with Crippen molar-refractivity contribution in [3.63, 3.8) is 0 Å². The van der Waals surface area contributed by atoms with Gasteiger partial charge in [0.15, 0.2) is 0 Å². The molecule has 10 heteroatoms. The first kappa shape index (κ1) is 27.8. The summed E-state index contributed by atoms with van der Waals surface area (Å²) >= 11 is 0. The number of carbonyl (C=O) groups excluding carboxylic acids is 1. The summed E-state index contributed by atoms with van der Waals surface area (Å²) in [6.07, 6.45) is -5.13. The predicted molar refractivity (Wildman–Crippen MR) is 129 cm³/mol. The van der Waals surface area contributed by atoms with Crippen LogP contribution in [0.5, 0.6) is 5.75 Å². The van der Waals surface area contributed by atoms with Gasteiger partial charge in [0.05, 0.1) is 32.5 Å². The molecule has 2 atom stereocenters. The molecule has 0 saturated carbocycles. The Morgan fingerprint density at radius 3 is 2.25 bits per heavy atom. The smallest absolute Gasteiger partial charge is 0.465 e. The lowest BCUT2D eigenvalue weighted by Crippen LogP contribution is -2.57. The number of carbonyl (C=O) groups is 1. The van der Waals surface area contributed by atoms with Crippen LogP contribution in [0.3, 0.4) is 0 Å². The highest BCUT2D eigenvalue weighted by molar-refractivity contribution is 5.76. The fraction of sp³-hybridized carbons (Fsp3) is 0.500. The number of anilines is 1. The molecule has 1 fully saturated rings. The third-order valence-electron chi connectivity index (χ3n) is 5.84. The number of hydrogen-bond donors (Lipinski definition) is 0. The van der Waals surface area contributed by atoms with Gasteiger partial charge in [-0.15, -0.1) is 13.2 Å². The number of hydrogen-bond acceptors (Lipinski definition) is 7. The average molecular weight is 511 g/mol. The minimum Gasteiger partial charge on any atom is -0.465 e. The molecule has 7 nitrogen and oxygen atoms in total. The van der Waals surface area contributed by atoms with Crippen LogP contribution in [-0.4, -0.2) is 75.4 Å². The van der Waals surface area contributed by atoms with Crippen molar-refractivity contribution < 1.29 is 36.9 Å². The van der Waals surface area contributed by atoms with E-state index in [1.165, 1.54) is 12.1 Å². The Kier molecular flexibility index (Phi) is 10.4. The summed E-state index contributed by atoms with van der Waals surface area (Å²) in [5.74, 6) is -0.594. The monoisotopic (exact) mass is 510 g/mol. The third kappa shape index (κ3) is 8.69. The zero-order valence-corrected chi connectivity index (χ0v) is 20.6. The molecule has 1 aliphatic heterocycles. The van der Waals surface area contributed by atoms with Gasteiger partial charge in [-0.2, -0.15) is 0 Å². The van der Waals surface area contributed by atoms with E-state index < -0.39 is 18.5 Å². The average Bonchev–Trinajstić information content (AvgIpc) is 2.85. The summed E-state index contributed by atoms with van der Waals surface area (Å²) in [5, 5.41) is 0. The van der Waals surface area contributed by atoms with E-state index in [4.69, 9.17) is 14.2 Å². The van der Waals surface area contributed by atoms with E-state index in [2.05, 4.69) is 9.64 Å². The van der Waals surface area contributed by atoms with Crippen LogP contribution in [0.4, 0.5) is 18.9 Å². The number of nitrogens with zero attached hydrogens (tertiary/aromatic N) is 2. The SMILES string of the molecule is CCOC(=O)C(C(C)OCCOCc1ccccc1)N1CCN(c2ccc(OC(F)(F)F)cc2)CC1. The molecule has 0 aliphatic carbocycles. The Balaban J connectivity index is 1.50. The Morgan fingerprint density at radius 1 is 0.972 bits per heavy atom. The van der Waals surface area contributed by atoms with Crippen molar-refractivity contribution in [3.05, 3.63) is 60.2 Å². The van der Waals surface area contributed by atoms with Crippen LogP contribution in [0.15, 0.2) is 54.6 Å². The molecule has 0 spiro atoms. The number of halogens is 3. The van der Waals surface area contributed by atoms with E-state index in [0.29, 0.717) is 46.0 Å². The number of esters is 1. The van der Waals surface area contributed by atoms with E-state index in [1.54, 1.807) is 19.1 Å². The Bertz CT molecular complexity index is 919. The standard InChI is InChI=1S/C26H33F3N2O5/c1-3-34-25(32)24(20(2)35-18-17-33-19-21-7-5-4-6-8-21)31-15-13-30(14-16-31)22-9-11-23(12-10-22)36-26(27,28)29/h4-12,20,24H,3,13-19H2,1-2H3. The fourth-order valence-corrected chi connectivity index (χ4v) is 4.13. The Labute approximate surface area is 209 Å². The summed E-state index contributed by atoms with van der Waals surface area (Å²) in [6.45, 7) is 7.47. The van der Waals surface area contributed by atoms with Gasteiger partial charge < -0.3 is 23.8 Å². The van der Waals surface area contributed by atoms with E-state index >= 15 is 0 Å². The summed E-state index contributed by atoms with van der Waals surface area (Å²) < 4.78 is 58.0. The van der Waals surface area contributed by atoms with Crippen LogP contribution < -0.4 is 9.64 Å². The molecule has 0 bridgehead atoms. The lowest BCUT2D eigenvalue weighted by molar-refractivity contribution is -0.274. The molecule has 2 aromatic rings. The minimum atomic E-state index is -4.72. The van der Waals surface area contributed by atoms with Crippen molar-refractivity contribution in [2.24, 2.45) is 0 Å². The number of ether oxygens (including phenoxy) is 4. The quantitative estimate of drug-likeness (QED) is 0.312. The van der Waals surface area contributed by atoms with Crippen molar-refractivity contribution in [3.8, 4) is 5.75 Å². The lowest BCUT2D eigenvalue weighted by Gasteiger charge is -2.40. The van der Waals surface area contributed by atoms with Gasteiger partial charge in [-0.1, -0.05) is 30.3 Å². The van der Waals surface area contributed by atoms with Gasteiger partial charge >= 0.3 is 12.3 Å². The first-order valence-corrected chi connectivity index (χ1v) is 12.0. The molecule has 1 saturated heterocycles. The number of alkyl halides is 3. The van der Waals surface area contributed by atoms with Gasteiger partial charge in [-0.25, -0.2) is 0 Å². The van der Waals surface area contributed by atoms with Crippen LogP contribution in [0.1, 0.15) is 19.4 Å². The number of benzene rings is 2. The van der Waals surface area contributed by atoms with E-state index in [0.717, 1.165) is 11.3 Å². The summed E-state index contributed by atoms with van der Waals surface area (Å²) in [6, 6.07) is 15.1. The van der Waals surface area contributed by atoms with Gasteiger partial charge in [0.25, 0.3) is 0 Å². The molecule has 36 heavy (non-hydrogen) atoms. The van der Waals surface area contributed by atoms with Gasteiger partial charge in [0.2, 0.25) is 0 Å². The van der Waals surface area contributed by atoms with E-state index in [-0.39, 0.29) is 18.3 Å². The van der Waals surface area contributed by atoms with E-state index in [9.17, 15) is 18.0 Å². The number of piperazine rings is 1. The first-order valence-electron chi connectivity index (χ1n) is 12.0. The first-order chi connectivity index (χ1) is 17.3.